The van der Waals surface area contributed by atoms with Gasteiger partial charge in [0.05, 0.1) is 22.8 Å². The molecule has 4 heteroatoms. The quantitative estimate of drug-likeness (QED) is 0.354. The molecule has 0 unspecified atom stereocenters. The number of nitrogens with zero attached hydrogens (tertiary/aromatic N) is 4. The molecule has 148 valence electrons. The summed E-state index contributed by atoms with van der Waals surface area (Å²) in [5, 5.41) is 9.45. The van der Waals surface area contributed by atoms with Crippen molar-refractivity contribution in [3.05, 3.63) is 109 Å². The molecule has 0 aliphatic heterocycles. The minimum absolute atomic E-state index is 0.955. The third-order valence-corrected chi connectivity index (χ3v) is 4.68. The Bertz CT molecular complexity index is 1110. The van der Waals surface area contributed by atoms with E-state index in [2.05, 4.69) is 30.3 Å². The smallest absolute Gasteiger partial charge is 0.0927 e. The Morgan fingerprint density at radius 2 is 0.933 bits per heavy atom. The van der Waals surface area contributed by atoms with Crippen LogP contribution in [0.4, 0.5) is 0 Å². The number of hydrogen-bond acceptors (Lipinski definition) is 2. The lowest BCUT2D eigenvalue weighted by molar-refractivity contribution is 0.860. The second-order valence-electron chi connectivity index (χ2n) is 6.54. The first-order valence-corrected chi connectivity index (χ1v) is 10.2. The highest BCUT2D eigenvalue weighted by Crippen LogP contribution is 2.21. The Hall–Kier alpha value is -3.92. The highest BCUT2D eigenvalue weighted by atomic mass is 15.3. The molecular formula is C26H24N4. The van der Waals surface area contributed by atoms with Gasteiger partial charge in [0.25, 0.3) is 0 Å². The zero-order valence-corrected chi connectivity index (χ0v) is 17.2. The normalized spacial score (nSPS) is 10.3. The molecule has 0 saturated heterocycles. The van der Waals surface area contributed by atoms with Gasteiger partial charge in [0, 0.05) is 23.5 Å². The lowest BCUT2D eigenvalue weighted by Gasteiger charge is -2.06. The van der Waals surface area contributed by atoms with Crippen molar-refractivity contribution in [2.75, 3.05) is 0 Å². The van der Waals surface area contributed by atoms with Crippen molar-refractivity contribution in [1.82, 2.24) is 19.6 Å². The molecule has 0 spiro atoms. The van der Waals surface area contributed by atoms with Gasteiger partial charge in [-0.15, -0.1) is 0 Å². The zero-order valence-electron chi connectivity index (χ0n) is 17.2. The van der Waals surface area contributed by atoms with E-state index in [0.29, 0.717) is 0 Å². The average Bonchev–Trinajstić information content (AvgIpc) is 3.52. The molecule has 3 aromatic carbocycles. The molecule has 0 radical (unpaired) electrons. The van der Waals surface area contributed by atoms with E-state index >= 15 is 0 Å². The topological polar surface area (TPSA) is 35.6 Å². The summed E-state index contributed by atoms with van der Waals surface area (Å²) < 4.78 is 3.79. The minimum atomic E-state index is 0.955. The van der Waals surface area contributed by atoms with Gasteiger partial charge in [-0.1, -0.05) is 80.6 Å². The molecule has 5 rings (SSSR count). The van der Waals surface area contributed by atoms with E-state index in [1.54, 1.807) is 0 Å². The minimum Gasteiger partial charge on any atom is -0.240 e. The maximum absolute atomic E-state index is 4.73. The fourth-order valence-corrected chi connectivity index (χ4v) is 3.24. The van der Waals surface area contributed by atoms with Gasteiger partial charge in [0.1, 0.15) is 0 Å². The highest BCUT2D eigenvalue weighted by molar-refractivity contribution is 5.60. The first kappa shape index (κ1) is 19.4. The van der Waals surface area contributed by atoms with E-state index in [-0.39, 0.29) is 0 Å². The molecule has 0 aliphatic carbocycles. The van der Waals surface area contributed by atoms with Crippen molar-refractivity contribution in [3.8, 4) is 33.9 Å². The van der Waals surface area contributed by atoms with Crippen LogP contribution >= 0.6 is 0 Å². The van der Waals surface area contributed by atoms with Crippen LogP contribution in [-0.4, -0.2) is 19.6 Å². The molecule has 4 nitrogen and oxygen atoms in total. The number of rotatable bonds is 4. The van der Waals surface area contributed by atoms with E-state index < -0.39 is 0 Å². The van der Waals surface area contributed by atoms with Crippen molar-refractivity contribution in [3.63, 3.8) is 0 Å². The number of aromatic nitrogens is 4. The lowest BCUT2D eigenvalue weighted by Crippen LogP contribution is -1.99. The summed E-state index contributed by atoms with van der Waals surface area (Å²) in [7, 11) is 0. The Morgan fingerprint density at radius 1 is 0.500 bits per heavy atom. The molecule has 5 aromatic rings. The predicted molar refractivity (Wildman–Crippen MR) is 123 cm³/mol. The van der Waals surface area contributed by atoms with Gasteiger partial charge in [-0.3, -0.25) is 0 Å². The summed E-state index contributed by atoms with van der Waals surface area (Å²) in [6.45, 7) is 4.00. The lowest BCUT2D eigenvalue weighted by atomic mass is 10.2. The Balaban J connectivity index is 0.00000106. The van der Waals surface area contributed by atoms with E-state index in [0.717, 1.165) is 33.9 Å². The van der Waals surface area contributed by atoms with Crippen LogP contribution in [0.15, 0.2) is 109 Å². The molecule has 2 heterocycles. The van der Waals surface area contributed by atoms with Crippen LogP contribution in [-0.2, 0) is 0 Å². The third-order valence-electron chi connectivity index (χ3n) is 4.68. The molecule has 0 N–H and O–H groups in total. The Kier molecular flexibility index (Phi) is 5.85. The summed E-state index contributed by atoms with van der Waals surface area (Å²) in [4.78, 5) is 0. The summed E-state index contributed by atoms with van der Waals surface area (Å²) in [5.41, 5.74) is 6.12. The second-order valence-corrected chi connectivity index (χ2v) is 6.54. The predicted octanol–water partition coefficient (Wildman–Crippen LogP) is 6.42. The SMILES string of the molecule is CC.c1ccc(-c2ccn(-c3cccc(-n4ccc(-c5ccccc5)n4)c3)n2)cc1. The second kappa shape index (κ2) is 9.05. The molecule has 0 fully saturated rings. The van der Waals surface area contributed by atoms with Crippen molar-refractivity contribution in [2.24, 2.45) is 0 Å². The van der Waals surface area contributed by atoms with Gasteiger partial charge in [-0.25, -0.2) is 9.36 Å². The van der Waals surface area contributed by atoms with Gasteiger partial charge < -0.3 is 0 Å². The molecule has 0 aliphatic rings. The Morgan fingerprint density at radius 3 is 1.37 bits per heavy atom. The van der Waals surface area contributed by atoms with Gasteiger partial charge in [0.2, 0.25) is 0 Å². The first-order chi connectivity index (χ1) is 14.9. The number of hydrogen-bond donors (Lipinski definition) is 0. The summed E-state index contributed by atoms with van der Waals surface area (Å²) in [6, 6.07) is 32.7. The molecule has 30 heavy (non-hydrogen) atoms. The fraction of sp³-hybridized carbons (Fsp3) is 0.0769. The van der Waals surface area contributed by atoms with Crippen LogP contribution in [0.1, 0.15) is 13.8 Å². The number of benzene rings is 3. The fourth-order valence-electron chi connectivity index (χ4n) is 3.24. The van der Waals surface area contributed by atoms with E-state index in [1.807, 2.05) is 102 Å². The summed E-state index contributed by atoms with van der Waals surface area (Å²) in [6.07, 6.45) is 3.97. The van der Waals surface area contributed by atoms with E-state index in [4.69, 9.17) is 10.2 Å². The Labute approximate surface area is 177 Å². The largest absolute Gasteiger partial charge is 0.240 e. The summed E-state index contributed by atoms with van der Waals surface area (Å²) in [5.74, 6) is 0. The molecule has 0 saturated carbocycles. The van der Waals surface area contributed by atoms with Crippen LogP contribution in [0, 0.1) is 0 Å². The monoisotopic (exact) mass is 392 g/mol. The molecule has 0 bridgehead atoms. The van der Waals surface area contributed by atoms with E-state index in [9.17, 15) is 0 Å². The van der Waals surface area contributed by atoms with Gasteiger partial charge >= 0.3 is 0 Å². The van der Waals surface area contributed by atoms with Gasteiger partial charge in [-0.05, 0) is 30.3 Å². The zero-order chi connectivity index (χ0) is 20.8. The van der Waals surface area contributed by atoms with Crippen LogP contribution in [0.25, 0.3) is 33.9 Å². The maximum atomic E-state index is 4.73. The van der Waals surface area contributed by atoms with Gasteiger partial charge in [-0.2, -0.15) is 10.2 Å². The van der Waals surface area contributed by atoms with Crippen LogP contribution in [0.2, 0.25) is 0 Å². The van der Waals surface area contributed by atoms with Crippen molar-refractivity contribution >= 4 is 0 Å². The van der Waals surface area contributed by atoms with Crippen molar-refractivity contribution in [1.29, 1.82) is 0 Å². The molecule has 0 amide bonds. The van der Waals surface area contributed by atoms with E-state index in [1.165, 1.54) is 0 Å². The molecule has 2 aromatic heterocycles. The van der Waals surface area contributed by atoms with Crippen molar-refractivity contribution in [2.45, 2.75) is 13.8 Å². The van der Waals surface area contributed by atoms with Crippen LogP contribution in [0.3, 0.4) is 0 Å². The average molecular weight is 393 g/mol. The summed E-state index contributed by atoms with van der Waals surface area (Å²) >= 11 is 0. The van der Waals surface area contributed by atoms with Crippen molar-refractivity contribution < 1.29 is 0 Å². The molecular weight excluding hydrogens is 368 g/mol. The first-order valence-electron chi connectivity index (χ1n) is 10.2. The van der Waals surface area contributed by atoms with Gasteiger partial charge in [0.15, 0.2) is 0 Å². The highest BCUT2D eigenvalue weighted by Gasteiger charge is 2.07. The maximum Gasteiger partial charge on any atom is 0.0927 e. The van der Waals surface area contributed by atoms with Crippen LogP contribution in [0.5, 0.6) is 0 Å². The van der Waals surface area contributed by atoms with Crippen LogP contribution < -0.4 is 0 Å². The molecule has 0 atom stereocenters. The third kappa shape index (κ3) is 4.08. The standard InChI is InChI=1S/C24H18N4.C2H6/c1-3-8-19(9-4-1)23-14-16-27(25-23)21-12-7-13-22(18-21)28-17-15-24(26-28)20-10-5-2-6-11-20;1-2/h1-18H;1-2H3.